The van der Waals surface area contributed by atoms with Crippen LogP contribution in [0.5, 0.6) is 0 Å². The Kier molecular flexibility index (Phi) is 4.68. The van der Waals surface area contributed by atoms with E-state index in [9.17, 15) is 13.2 Å². The third-order valence-electron chi connectivity index (χ3n) is 5.18. The maximum Gasteiger partial charge on any atom is 0.245 e. The summed E-state index contributed by atoms with van der Waals surface area (Å²) in [5, 5.41) is 10.4. The molecule has 1 aliphatic rings. The van der Waals surface area contributed by atoms with Gasteiger partial charge in [-0.25, -0.2) is 8.42 Å². The molecule has 2 N–H and O–H groups in total. The van der Waals surface area contributed by atoms with Gasteiger partial charge in [0, 0.05) is 12.4 Å². The Balaban J connectivity index is 1.52. The monoisotopic (exact) mass is 398 g/mol. The van der Waals surface area contributed by atoms with Crippen LogP contribution in [0.3, 0.4) is 0 Å². The van der Waals surface area contributed by atoms with Crippen LogP contribution in [0, 0.1) is 6.92 Å². The lowest BCUT2D eigenvalue weighted by molar-refractivity contribution is -0.121. The number of likely N-dealkylation sites (N-methyl/N-ethyl adjacent to an activating group) is 1. The number of aryl methyl sites for hydroxylation is 2. The molecule has 0 saturated heterocycles. The van der Waals surface area contributed by atoms with Crippen molar-refractivity contribution in [2.45, 2.75) is 30.7 Å². The van der Waals surface area contributed by atoms with Crippen LogP contribution in [0.2, 0.25) is 0 Å². The molecule has 0 radical (unpaired) electrons. The van der Waals surface area contributed by atoms with E-state index in [1.807, 2.05) is 31.2 Å². The summed E-state index contributed by atoms with van der Waals surface area (Å²) in [6.45, 7) is 1.58. The minimum atomic E-state index is -3.85. The number of H-pyrrole nitrogens is 1. The zero-order valence-electron chi connectivity index (χ0n) is 15.8. The van der Waals surface area contributed by atoms with Gasteiger partial charge in [0.05, 0.1) is 24.3 Å². The lowest BCUT2D eigenvalue weighted by Crippen LogP contribution is -2.39. The van der Waals surface area contributed by atoms with Gasteiger partial charge in [-0.15, -0.1) is 0 Å². The first kappa shape index (κ1) is 18.6. The van der Waals surface area contributed by atoms with Gasteiger partial charge in [0.15, 0.2) is 0 Å². The summed E-state index contributed by atoms with van der Waals surface area (Å²) in [6.07, 6.45) is 3.33. The number of benzene rings is 2. The number of aromatic amines is 1. The summed E-state index contributed by atoms with van der Waals surface area (Å²) in [4.78, 5) is 12.7. The van der Waals surface area contributed by atoms with Gasteiger partial charge in [-0.3, -0.25) is 9.89 Å². The highest BCUT2D eigenvalue weighted by molar-refractivity contribution is 7.89. The number of nitrogens with zero attached hydrogens (tertiary/aromatic N) is 2. The second-order valence-electron chi connectivity index (χ2n) is 7.22. The van der Waals surface area contributed by atoms with Crippen molar-refractivity contribution >= 4 is 26.8 Å². The number of hydrogen-bond donors (Lipinski definition) is 2. The predicted molar refractivity (Wildman–Crippen MR) is 106 cm³/mol. The van der Waals surface area contributed by atoms with Gasteiger partial charge in [0.25, 0.3) is 0 Å². The molecule has 0 fully saturated rings. The van der Waals surface area contributed by atoms with Gasteiger partial charge in [0.2, 0.25) is 15.9 Å². The molecule has 28 heavy (non-hydrogen) atoms. The van der Waals surface area contributed by atoms with Crippen LogP contribution < -0.4 is 5.32 Å². The third kappa shape index (κ3) is 3.29. The molecule has 2 aromatic carbocycles. The molecule has 0 spiro atoms. The molecule has 1 heterocycles. The van der Waals surface area contributed by atoms with Crippen molar-refractivity contribution in [3.8, 4) is 0 Å². The fourth-order valence-corrected chi connectivity index (χ4v) is 5.15. The lowest BCUT2D eigenvalue weighted by Gasteiger charge is -2.20. The molecule has 0 saturated carbocycles. The van der Waals surface area contributed by atoms with Gasteiger partial charge in [-0.05, 0) is 48.6 Å². The summed E-state index contributed by atoms with van der Waals surface area (Å²) in [5.41, 5.74) is 3.60. The van der Waals surface area contributed by atoms with E-state index in [0.29, 0.717) is 5.52 Å². The molecular weight excluding hydrogens is 376 g/mol. The van der Waals surface area contributed by atoms with Crippen molar-refractivity contribution in [2.75, 3.05) is 13.6 Å². The van der Waals surface area contributed by atoms with Gasteiger partial charge >= 0.3 is 0 Å². The first-order valence-electron chi connectivity index (χ1n) is 9.13. The Labute approximate surface area is 163 Å². The summed E-state index contributed by atoms with van der Waals surface area (Å²) < 4.78 is 27.2. The minimum Gasteiger partial charge on any atom is -0.348 e. The minimum absolute atomic E-state index is 0.0712. The molecule has 1 amide bonds. The number of aromatic nitrogens is 2. The first-order valence-corrected chi connectivity index (χ1v) is 10.6. The molecule has 7 nitrogen and oxygen atoms in total. The first-order chi connectivity index (χ1) is 13.4. The average molecular weight is 398 g/mol. The SMILES string of the molecule is Cc1cc(S(=O)(=O)N(C)CC(=O)N[C@H]2CCc3ccccc32)c2[nH]ncc2c1. The quantitative estimate of drug-likeness (QED) is 0.689. The van der Waals surface area contributed by atoms with Gasteiger partial charge in [-0.1, -0.05) is 24.3 Å². The number of fused-ring (bicyclic) bond motifs is 2. The lowest BCUT2D eigenvalue weighted by atomic mass is 10.1. The predicted octanol–water partition coefficient (Wildman–Crippen LogP) is 2.30. The number of sulfonamides is 1. The smallest absolute Gasteiger partial charge is 0.245 e. The highest BCUT2D eigenvalue weighted by Gasteiger charge is 2.28. The van der Waals surface area contributed by atoms with Gasteiger partial charge in [0.1, 0.15) is 4.90 Å². The number of hydrogen-bond acceptors (Lipinski definition) is 4. The van der Waals surface area contributed by atoms with Crippen molar-refractivity contribution in [3.05, 3.63) is 59.3 Å². The van der Waals surface area contributed by atoms with E-state index < -0.39 is 10.0 Å². The van der Waals surface area contributed by atoms with E-state index >= 15 is 0 Å². The molecule has 146 valence electrons. The van der Waals surface area contributed by atoms with Crippen molar-refractivity contribution < 1.29 is 13.2 Å². The maximum atomic E-state index is 13.1. The summed E-state index contributed by atoms with van der Waals surface area (Å²) in [5.74, 6) is -0.318. The van der Waals surface area contributed by atoms with E-state index in [2.05, 4.69) is 21.6 Å². The Bertz CT molecular complexity index is 1150. The van der Waals surface area contributed by atoms with Crippen LogP contribution >= 0.6 is 0 Å². The molecular formula is C20H22N4O3S. The summed E-state index contributed by atoms with van der Waals surface area (Å²) >= 11 is 0. The molecule has 8 heteroatoms. The number of carbonyl (C=O) groups is 1. The number of carbonyl (C=O) groups excluding carboxylic acids is 1. The van der Waals surface area contributed by atoms with Gasteiger partial charge < -0.3 is 5.32 Å². The summed E-state index contributed by atoms with van der Waals surface area (Å²) in [7, 11) is -2.43. The fourth-order valence-electron chi connectivity index (χ4n) is 3.77. The van der Waals surface area contributed by atoms with Crippen molar-refractivity contribution in [1.29, 1.82) is 0 Å². The van der Waals surface area contributed by atoms with Crippen LogP contribution in [-0.4, -0.2) is 42.4 Å². The van der Waals surface area contributed by atoms with Crippen LogP contribution in [0.4, 0.5) is 0 Å². The molecule has 1 aromatic heterocycles. The van der Waals surface area contributed by atoms with Gasteiger partial charge in [-0.2, -0.15) is 9.40 Å². The fraction of sp³-hybridized carbons (Fsp3) is 0.300. The topological polar surface area (TPSA) is 95.2 Å². The highest BCUT2D eigenvalue weighted by atomic mass is 32.2. The molecule has 3 aromatic rings. The standard InChI is InChI=1S/C20H22N4O3S/c1-13-9-15-11-21-23-20(15)18(10-13)28(26,27)24(2)12-19(25)22-17-8-7-14-5-3-4-6-16(14)17/h3-6,9-11,17H,7-8,12H2,1-2H3,(H,21,23)(H,22,25)/t17-/m0/s1. The molecule has 0 aliphatic heterocycles. The molecule has 1 aliphatic carbocycles. The second kappa shape index (κ2) is 7.03. The van der Waals surface area contributed by atoms with E-state index in [4.69, 9.17) is 0 Å². The zero-order chi connectivity index (χ0) is 19.9. The Morgan fingerprint density at radius 3 is 2.93 bits per heavy atom. The highest BCUT2D eigenvalue weighted by Crippen LogP contribution is 2.30. The normalized spacial score (nSPS) is 16.5. The van der Waals surface area contributed by atoms with Crippen LogP contribution in [0.15, 0.2) is 47.5 Å². The molecule has 4 rings (SSSR count). The average Bonchev–Trinajstić information content (AvgIpc) is 3.28. The van der Waals surface area contributed by atoms with Crippen LogP contribution in [-0.2, 0) is 21.2 Å². The Hall–Kier alpha value is -2.71. The van der Waals surface area contributed by atoms with E-state index in [-0.39, 0.29) is 23.4 Å². The van der Waals surface area contributed by atoms with Crippen LogP contribution in [0.1, 0.15) is 29.2 Å². The van der Waals surface area contributed by atoms with E-state index in [1.165, 1.54) is 12.6 Å². The molecule has 0 unspecified atom stereocenters. The number of amides is 1. The molecule has 1 atom stereocenters. The second-order valence-corrected chi connectivity index (χ2v) is 9.23. The Morgan fingerprint density at radius 1 is 1.32 bits per heavy atom. The number of rotatable bonds is 5. The van der Waals surface area contributed by atoms with Crippen LogP contribution in [0.25, 0.3) is 10.9 Å². The largest absolute Gasteiger partial charge is 0.348 e. The number of nitrogens with one attached hydrogen (secondary N) is 2. The third-order valence-corrected chi connectivity index (χ3v) is 7.01. The summed E-state index contributed by atoms with van der Waals surface area (Å²) in [6, 6.07) is 11.4. The van der Waals surface area contributed by atoms with Crippen molar-refractivity contribution in [3.63, 3.8) is 0 Å². The maximum absolute atomic E-state index is 13.1. The Morgan fingerprint density at radius 2 is 2.11 bits per heavy atom. The van der Waals surface area contributed by atoms with E-state index in [1.54, 1.807) is 12.3 Å². The van der Waals surface area contributed by atoms with E-state index in [0.717, 1.165) is 33.7 Å². The van der Waals surface area contributed by atoms with Crippen molar-refractivity contribution in [2.24, 2.45) is 0 Å². The molecule has 0 bridgehead atoms. The zero-order valence-corrected chi connectivity index (χ0v) is 16.6. The van der Waals surface area contributed by atoms with Crippen molar-refractivity contribution in [1.82, 2.24) is 19.8 Å².